The Labute approximate surface area is 134 Å². The van der Waals surface area contributed by atoms with Gasteiger partial charge >= 0.3 is 0 Å². The lowest BCUT2D eigenvalue weighted by Crippen LogP contribution is -2.50. The van der Waals surface area contributed by atoms with Gasteiger partial charge in [0, 0.05) is 37.9 Å². The van der Waals surface area contributed by atoms with Crippen molar-refractivity contribution in [2.24, 2.45) is 0 Å². The molecule has 1 aliphatic heterocycles. The van der Waals surface area contributed by atoms with E-state index in [0.717, 1.165) is 5.69 Å². The number of nitrogens with one attached hydrogen (secondary N) is 1. The van der Waals surface area contributed by atoms with Crippen LogP contribution < -0.4 is 5.32 Å². The summed E-state index contributed by atoms with van der Waals surface area (Å²) < 4.78 is 10.3. The molecule has 0 radical (unpaired) electrons. The maximum atomic E-state index is 12.6. The summed E-state index contributed by atoms with van der Waals surface area (Å²) in [6, 6.07) is 3.67. The highest BCUT2D eigenvalue weighted by Crippen LogP contribution is 2.30. The van der Waals surface area contributed by atoms with E-state index in [2.05, 4.69) is 34.3 Å². The average Bonchev–Trinajstić information content (AvgIpc) is 3.11. The fraction of sp³-hybridized carbons (Fsp3) is 0.500. The summed E-state index contributed by atoms with van der Waals surface area (Å²) in [7, 11) is 0. The van der Waals surface area contributed by atoms with Crippen LogP contribution in [0.1, 0.15) is 54.5 Å². The van der Waals surface area contributed by atoms with Crippen LogP contribution in [0.25, 0.3) is 0 Å². The molecule has 0 bridgehead atoms. The zero-order valence-corrected chi connectivity index (χ0v) is 13.3. The molecule has 1 N–H and O–H groups in total. The van der Waals surface area contributed by atoms with Crippen molar-refractivity contribution in [1.29, 1.82) is 0 Å². The first-order chi connectivity index (χ1) is 11.1. The van der Waals surface area contributed by atoms with Gasteiger partial charge in [-0.25, -0.2) is 0 Å². The number of pyridine rings is 1. The minimum absolute atomic E-state index is 0.195. The molecule has 3 rings (SSSR count). The van der Waals surface area contributed by atoms with Crippen LogP contribution in [0.15, 0.2) is 29.2 Å². The lowest BCUT2D eigenvalue weighted by molar-refractivity contribution is 0.0306. The molecule has 3 heterocycles. The molecular weight excluding hydrogens is 296 g/mol. The van der Waals surface area contributed by atoms with Crippen molar-refractivity contribution < 1.29 is 14.1 Å². The Hall–Kier alpha value is -2.28. The maximum absolute atomic E-state index is 12.6. The zero-order valence-electron chi connectivity index (χ0n) is 13.3. The smallest absolute Gasteiger partial charge is 0.253 e. The van der Waals surface area contributed by atoms with E-state index in [-0.39, 0.29) is 5.91 Å². The first-order valence-corrected chi connectivity index (χ1v) is 7.74. The molecule has 1 aliphatic rings. The summed E-state index contributed by atoms with van der Waals surface area (Å²) in [5, 5.41) is 6.98. The fourth-order valence-electron chi connectivity index (χ4n) is 2.68. The van der Waals surface area contributed by atoms with E-state index in [1.165, 1.54) is 6.39 Å². The van der Waals surface area contributed by atoms with Crippen molar-refractivity contribution in [3.05, 3.63) is 41.8 Å². The standard InChI is InChI=1S/C16H20N4O3/c1-11(2)13-4-3-12(9-17-13)14(21)19-16(5-7-22-8-6-16)15-18-10-23-20-15/h3-4,9-11H,5-8H2,1-2H3,(H,19,21). The Morgan fingerprint density at radius 2 is 2.04 bits per heavy atom. The third-order valence-electron chi connectivity index (χ3n) is 4.13. The molecule has 1 saturated heterocycles. The Bertz CT molecular complexity index is 646. The van der Waals surface area contributed by atoms with Gasteiger partial charge in [0.2, 0.25) is 6.39 Å². The number of carbonyl (C=O) groups is 1. The number of carbonyl (C=O) groups excluding carboxylic acids is 1. The second kappa shape index (κ2) is 6.45. The first kappa shape index (κ1) is 15.6. The van der Waals surface area contributed by atoms with Crippen LogP contribution in [0.4, 0.5) is 0 Å². The summed E-state index contributed by atoms with van der Waals surface area (Å²) >= 11 is 0. The highest BCUT2D eigenvalue weighted by Gasteiger charge is 2.40. The molecule has 0 aliphatic carbocycles. The third kappa shape index (κ3) is 3.24. The van der Waals surface area contributed by atoms with Gasteiger partial charge < -0.3 is 14.6 Å². The summed E-state index contributed by atoms with van der Waals surface area (Å²) in [5.41, 5.74) is 0.822. The van der Waals surface area contributed by atoms with Gasteiger partial charge in [0.15, 0.2) is 5.82 Å². The van der Waals surface area contributed by atoms with Crippen LogP contribution in [0, 0.1) is 0 Å². The second-order valence-electron chi connectivity index (χ2n) is 6.03. The van der Waals surface area contributed by atoms with E-state index in [0.29, 0.717) is 43.4 Å². The number of rotatable bonds is 4. The van der Waals surface area contributed by atoms with Gasteiger partial charge in [-0.15, -0.1) is 0 Å². The van der Waals surface area contributed by atoms with Crippen molar-refractivity contribution in [1.82, 2.24) is 20.4 Å². The Kier molecular flexibility index (Phi) is 4.38. The van der Waals surface area contributed by atoms with Gasteiger partial charge in [0.25, 0.3) is 5.91 Å². The summed E-state index contributed by atoms with van der Waals surface area (Å²) in [5.74, 6) is 0.619. The molecule has 0 unspecified atom stereocenters. The number of nitrogens with zero attached hydrogens (tertiary/aromatic N) is 3. The minimum Gasteiger partial charge on any atom is -0.381 e. The van der Waals surface area contributed by atoms with Gasteiger partial charge in [0.1, 0.15) is 5.54 Å². The van der Waals surface area contributed by atoms with Gasteiger partial charge in [-0.1, -0.05) is 19.0 Å². The molecule has 0 saturated carbocycles. The van der Waals surface area contributed by atoms with Crippen molar-refractivity contribution in [2.45, 2.75) is 38.1 Å². The van der Waals surface area contributed by atoms with E-state index in [4.69, 9.17) is 9.26 Å². The van der Waals surface area contributed by atoms with Crippen LogP contribution in [0.5, 0.6) is 0 Å². The third-order valence-corrected chi connectivity index (χ3v) is 4.13. The van der Waals surface area contributed by atoms with Crippen molar-refractivity contribution in [3.8, 4) is 0 Å². The SMILES string of the molecule is CC(C)c1ccc(C(=O)NC2(c3ncon3)CCOCC2)cn1. The summed E-state index contributed by atoms with van der Waals surface area (Å²) in [6.45, 7) is 5.21. The predicted molar refractivity (Wildman–Crippen MR) is 81.8 cm³/mol. The number of hydrogen-bond acceptors (Lipinski definition) is 6. The summed E-state index contributed by atoms with van der Waals surface area (Å²) in [4.78, 5) is 21.1. The monoisotopic (exact) mass is 316 g/mol. The number of hydrogen-bond donors (Lipinski definition) is 1. The average molecular weight is 316 g/mol. The van der Waals surface area contributed by atoms with Crippen LogP contribution >= 0.6 is 0 Å². The minimum atomic E-state index is -0.654. The van der Waals surface area contributed by atoms with Crippen molar-refractivity contribution in [2.75, 3.05) is 13.2 Å². The van der Waals surface area contributed by atoms with Crippen LogP contribution in [-0.4, -0.2) is 34.2 Å². The van der Waals surface area contributed by atoms with E-state index in [1.54, 1.807) is 12.3 Å². The van der Waals surface area contributed by atoms with Crippen LogP contribution in [0.3, 0.4) is 0 Å². The second-order valence-corrected chi connectivity index (χ2v) is 6.03. The molecule has 7 nitrogen and oxygen atoms in total. The lowest BCUT2D eigenvalue weighted by atomic mass is 9.88. The molecule has 0 spiro atoms. The largest absolute Gasteiger partial charge is 0.381 e. The Morgan fingerprint density at radius 1 is 1.26 bits per heavy atom. The number of amides is 1. The van der Waals surface area contributed by atoms with Gasteiger partial charge in [-0.3, -0.25) is 9.78 Å². The predicted octanol–water partition coefficient (Wildman–Crippen LogP) is 2.02. The maximum Gasteiger partial charge on any atom is 0.253 e. The van der Waals surface area contributed by atoms with E-state index < -0.39 is 5.54 Å². The molecule has 1 amide bonds. The zero-order chi connectivity index (χ0) is 16.3. The highest BCUT2D eigenvalue weighted by molar-refractivity contribution is 5.94. The summed E-state index contributed by atoms with van der Waals surface area (Å²) in [6.07, 6.45) is 4.09. The van der Waals surface area contributed by atoms with Crippen LogP contribution in [-0.2, 0) is 10.3 Å². The van der Waals surface area contributed by atoms with E-state index in [1.807, 2.05) is 6.07 Å². The van der Waals surface area contributed by atoms with Crippen molar-refractivity contribution in [3.63, 3.8) is 0 Å². The molecule has 2 aromatic rings. The normalized spacial score (nSPS) is 17.2. The first-order valence-electron chi connectivity index (χ1n) is 7.74. The van der Waals surface area contributed by atoms with E-state index in [9.17, 15) is 4.79 Å². The van der Waals surface area contributed by atoms with Crippen molar-refractivity contribution >= 4 is 5.91 Å². The molecular formula is C16H20N4O3. The van der Waals surface area contributed by atoms with Gasteiger partial charge in [-0.05, 0) is 18.1 Å². The molecule has 1 fully saturated rings. The number of ether oxygens (including phenoxy) is 1. The molecule has 0 atom stereocenters. The van der Waals surface area contributed by atoms with E-state index >= 15 is 0 Å². The van der Waals surface area contributed by atoms with Gasteiger partial charge in [-0.2, -0.15) is 4.98 Å². The van der Waals surface area contributed by atoms with Crippen LogP contribution in [0.2, 0.25) is 0 Å². The molecule has 7 heteroatoms. The quantitative estimate of drug-likeness (QED) is 0.928. The number of aromatic nitrogens is 3. The lowest BCUT2D eigenvalue weighted by Gasteiger charge is -2.35. The fourth-order valence-corrected chi connectivity index (χ4v) is 2.68. The molecule has 2 aromatic heterocycles. The molecule has 23 heavy (non-hydrogen) atoms. The topological polar surface area (TPSA) is 90.1 Å². The molecule has 0 aromatic carbocycles. The Balaban J connectivity index is 1.81. The molecule has 122 valence electrons. The highest BCUT2D eigenvalue weighted by atomic mass is 16.5. The van der Waals surface area contributed by atoms with Gasteiger partial charge in [0.05, 0.1) is 5.56 Å². The Morgan fingerprint density at radius 3 is 2.61 bits per heavy atom.